The summed E-state index contributed by atoms with van der Waals surface area (Å²) in [4.78, 5) is 4.57. The Morgan fingerprint density at radius 1 is 0.920 bits per heavy atom. The molecular formula is C20H15N5. The van der Waals surface area contributed by atoms with Crippen LogP contribution in [0, 0.1) is 11.3 Å². The highest BCUT2D eigenvalue weighted by Gasteiger charge is 2.24. The predicted molar refractivity (Wildman–Crippen MR) is 94.8 cm³/mol. The third-order valence-electron chi connectivity index (χ3n) is 4.67. The first kappa shape index (κ1) is 14.0. The van der Waals surface area contributed by atoms with Crippen LogP contribution >= 0.6 is 0 Å². The number of hydrogen-bond acceptors (Lipinski definition) is 3. The summed E-state index contributed by atoms with van der Waals surface area (Å²) in [7, 11) is 0. The van der Waals surface area contributed by atoms with Crippen molar-refractivity contribution < 1.29 is 0 Å². The van der Waals surface area contributed by atoms with Gasteiger partial charge in [-0.05, 0) is 42.7 Å². The lowest BCUT2D eigenvalue weighted by Gasteiger charge is -2.05. The molecule has 0 aliphatic heterocycles. The van der Waals surface area contributed by atoms with Crippen LogP contribution in [0.4, 0.5) is 0 Å². The number of nitrogens with zero attached hydrogens (tertiary/aromatic N) is 5. The molecule has 0 atom stereocenters. The zero-order valence-corrected chi connectivity index (χ0v) is 13.5. The lowest BCUT2D eigenvalue weighted by molar-refractivity contribution is 0.642. The number of nitriles is 1. The van der Waals surface area contributed by atoms with E-state index in [0.717, 1.165) is 28.0 Å². The van der Waals surface area contributed by atoms with E-state index in [1.165, 1.54) is 12.8 Å². The summed E-state index contributed by atoms with van der Waals surface area (Å²) >= 11 is 0. The maximum atomic E-state index is 8.95. The van der Waals surface area contributed by atoms with Crippen LogP contribution in [0.1, 0.15) is 24.4 Å². The number of fused-ring (bicyclic) bond motifs is 1. The van der Waals surface area contributed by atoms with Gasteiger partial charge in [0.2, 0.25) is 0 Å². The Bertz CT molecular complexity index is 1110. The molecule has 5 rings (SSSR count). The van der Waals surface area contributed by atoms with Gasteiger partial charge in [-0.1, -0.05) is 12.1 Å². The zero-order valence-electron chi connectivity index (χ0n) is 13.5. The van der Waals surface area contributed by atoms with Crippen molar-refractivity contribution in [3.05, 3.63) is 66.7 Å². The van der Waals surface area contributed by atoms with Gasteiger partial charge in [0.05, 0.1) is 29.6 Å². The zero-order chi connectivity index (χ0) is 16.8. The summed E-state index contributed by atoms with van der Waals surface area (Å²) in [6.45, 7) is 0. The molecule has 1 fully saturated rings. The van der Waals surface area contributed by atoms with Gasteiger partial charge in [0.25, 0.3) is 0 Å². The minimum Gasteiger partial charge on any atom is -0.300 e. The lowest BCUT2D eigenvalue weighted by atomic mass is 10.1. The molecule has 0 radical (unpaired) electrons. The fourth-order valence-corrected chi connectivity index (χ4v) is 3.12. The van der Waals surface area contributed by atoms with Crippen LogP contribution in [0.5, 0.6) is 0 Å². The van der Waals surface area contributed by atoms with Gasteiger partial charge in [0.15, 0.2) is 0 Å². The number of aromatic nitrogens is 4. The molecule has 1 aromatic carbocycles. The molecule has 3 aromatic heterocycles. The van der Waals surface area contributed by atoms with Crippen LogP contribution in [0.3, 0.4) is 0 Å². The topological polar surface area (TPSA) is 58.9 Å². The molecule has 1 aliphatic carbocycles. The van der Waals surface area contributed by atoms with Gasteiger partial charge in [-0.25, -0.2) is 4.98 Å². The van der Waals surface area contributed by atoms with E-state index in [1.54, 1.807) is 0 Å². The molecular weight excluding hydrogens is 310 g/mol. The molecule has 0 saturated heterocycles. The number of rotatable bonds is 3. The fourth-order valence-electron chi connectivity index (χ4n) is 3.12. The molecule has 0 N–H and O–H groups in total. The molecule has 0 unspecified atom stereocenters. The van der Waals surface area contributed by atoms with Crippen LogP contribution in [-0.4, -0.2) is 19.2 Å². The van der Waals surface area contributed by atoms with Crippen LogP contribution in [0.15, 0.2) is 61.2 Å². The van der Waals surface area contributed by atoms with Crippen LogP contribution in [-0.2, 0) is 0 Å². The normalized spacial score (nSPS) is 13.9. The highest BCUT2D eigenvalue weighted by molar-refractivity contribution is 5.69. The van der Waals surface area contributed by atoms with E-state index in [2.05, 4.69) is 43.7 Å². The van der Waals surface area contributed by atoms with Gasteiger partial charge >= 0.3 is 0 Å². The molecule has 120 valence electrons. The molecule has 4 aromatic rings. The van der Waals surface area contributed by atoms with Crippen molar-refractivity contribution in [2.45, 2.75) is 18.9 Å². The maximum Gasteiger partial charge on any atom is 0.137 e. The molecule has 3 heterocycles. The van der Waals surface area contributed by atoms with Gasteiger partial charge < -0.3 is 4.40 Å². The second kappa shape index (κ2) is 5.32. The number of hydrogen-bond donors (Lipinski definition) is 0. The van der Waals surface area contributed by atoms with Crippen molar-refractivity contribution in [3.8, 4) is 28.5 Å². The first-order valence-electron chi connectivity index (χ1n) is 8.34. The van der Waals surface area contributed by atoms with Crippen molar-refractivity contribution in [2.75, 3.05) is 0 Å². The van der Waals surface area contributed by atoms with Crippen LogP contribution in [0.2, 0.25) is 0 Å². The Morgan fingerprint density at radius 2 is 1.76 bits per heavy atom. The highest BCUT2D eigenvalue weighted by Crippen LogP contribution is 2.35. The summed E-state index contributed by atoms with van der Waals surface area (Å²) in [5, 5.41) is 13.4. The van der Waals surface area contributed by atoms with Crippen molar-refractivity contribution in [1.82, 2.24) is 19.2 Å². The SMILES string of the molecule is N#Cc1ccc(-c2cnc3ccc(-c4cnn(C5CC5)c4)n3c2)cc1. The third kappa shape index (κ3) is 2.39. The summed E-state index contributed by atoms with van der Waals surface area (Å²) in [5.74, 6) is 0. The van der Waals surface area contributed by atoms with Crippen molar-refractivity contribution >= 4 is 5.65 Å². The van der Waals surface area contributed by atoms with E-state index in [4.69, 9.17) is 5.26 Å². The largest absolute Gasteiger partial charge is 0.300 e. The third-order valence-corrected chi connectivity index (χ3v) is 4.67. The average molecular weight is 325 g/mol. The summed E-state index contributed by atoms with van der Waals surface area (Å²) < 4.78 is 4.16. The Kier molecular flexibility index (Phi) is 2.98. The first-order valence-corrected chi connectivity index (χ1v) is 8.34. The molecule has 0 amide bonds. The van der Waals surface area contributed by atoms with E-state index in [0.29, 0.717) is 11.6 Å². The quantitative estimate of drug-likeness (QED) is 0.570. The summed E-state index contributed by atoms with van der Waals surface area (Å²) in [6.07, 6.45) is 10.4. The van der Waals surface area contributed by atoms with Crippen molar-refractivity contribution in [3.63, 3.8) is 0 Å². The van der Waals surface area contributed by atoms with E-state index in [-0.39, 0.29) is 0 Å². The van der Waals surface area contributed by atoms with Gasteiger partial charge in [0, 0.05) is 29.7 Å². The smallest absolute Gasteiger partial charge is 0.137 e. The van der Waals surface area contributed by atoms with Gasteiger partial charge in [-0.2, -0.15) is 10.4 Å². The van der Waals surface area contributed by atoms with E-state index in [9.17, 15) is 0 Å². The van der Waals surface area contributed by atoms with Crippen molar-refractivity contribution in [1.29, 1.82) is 5.26 Å². The molecule has 5 heteroatoms. The Morgan fingerprint density at radius 3 is 2.52 bits per heavy atom. The minimum atomic E-state index is 0.576. The van der Waals surface area contributed by atoms with E-state index >= 15 is 0 Å². The average Bonchev–Trinajstić information content (AvgIpc) is 3.25. The Hall–Kier alpha value is -3.39. The van der Waals surface area contributed by atoms with Crippen LogP contribution < -0.4 is 0 Å². The van der Waals surface area contributed by atoms with E-state index in [1.807, 2.05) is 42.7 Å². The lowest BCUT2D eigenvalue weighted by Crippen LogP contribution is -1.93. The fraction of sp³-hybridized carbons (Fsp3) is 0.150. The minimum absolute atomic E-state index is 0.576. The van der Waals surface area contributed by atoms with Crippen molar-refractivity contribution in [2.24, 2.45) is 0 Å². The van der Waals surface area contributed by atoms with Gasteiger partial charge in [0.1, 0.15) is 5.65 Å². The molecule has 0 spiro atoms. The number of benzene rings is 1. The van der Waals surface area contributed by atoms with Gasteiger partial charge in [-0.15, -0.1) is 0 Å². The second-order valence-electron chi connectivity index (χ2n) is 6.42. The first-order chi connectivity index (χ1) is 12.3. The predicted octanol–water partition coefficient (Wildman–Crippen LogP) is 4.07. The second-order valence-corrected chi connectivity index (χ2v) is 6.42. The molecule has 25 heavy (non-hydrogen) atoms. The monoisotopic (exact) mass is 325 g/mol. The molecule has 0 bridgehead atoms. The van der Waals surface area contributed by atoms with E-state index < -0.39 is 0 Å². The Labute approximate surface area is 144 Å². The molecule has 1 saturated carbocycles. The standard InChI is InChI=1S/C20H15N5/c21-9-14-1-3-15(4-2-14)16-10-22-20-8-7-19(24(20)12-16)17-11-23-25(13-17)18-5-6-18/h1-4,7-8,10-13,18H,5-6H2. The highest BCUT2D eigenvalue weighted by atomic mass is 15.3. The maximum absolute atomic E-state index is 8.95. The van der Waals surface area contributed by atoms with Gasteiger partial charge in [-0.3, -0.25) is 4.68 Å². The Balaban J connectivity index is 1.59. The molecule has 5 nitrogen and oxygen atoms in total. The summed E-state index contributed by atoms with van der Waals surface area (Å²) in [5.41, 5.74) is 5.82. The summed E-state index contributed by atoms with van der Waals surface area (Å²) in [6, 6.07) is 14.4. The van der Waals surface area contributed by atoms with Crippen LogP contribution in [0.25, 0.3) is 28.0 Å². The molecule has 1 aliphatic rings.